The molecular formula is C6H13N3O. The molecule has 58 valence electrons. The summed E-state index contributed by atoms with van der Waals surface area (Å²) in [6.07, 6.45) is 0.740. The topological polar surface area (TPSA) is 44.4 Å². The van der Waals surface area contributed by atoms with Gasteiger partial charge in [0, 0.05) is 32.8 Å². The van der Waals surface area contributed by atoms with Gasteiger partial charge in [-0.25, -0.2) is 0 Å². The minimum atomic E-state index is 0.740. The van der Waals surface area contributed by atoms with Gasteiger partial charge in [-0.2, -0.15) is 0 Å². The number of carbonyl (C=O) groups excluding carboxylic acids is 1. The van der Waals surface area contributed by atoms with E-state index in [9.17, 15) is 4.79 Å². The molecule has 1 aliphatic heterocycles. The third kappa shape index (κ3) is 2.33. The molecular weight excluding hydrogens is 130 g/mol. The molecule has 0 aromatic carbocycles. The van der Waals surface area contributed by atoms with Crippen molar-refractivity contribution < 1.29 is 4.79 Å². The molecule has 0 bridgehead atoms. The van der Waals surface area contributed by atoms with Crippen LogP contribution in [-0.4, -0.2) is 44.2 Å². The molecule has 1 saturated heterocycles. The fourth-order valence-electron chi connectivity index (χ4n) is 1.03. The second kappa shape index (κ2) is 4.24. The van der Waals surface area contributed by atoms with E-state index in [0.717, 1.165) is 39.3 Å². The summed E-state index contributed by atoms with van der Waals surface area (Å²) < 4.78 is 0. The van der Waals surface area contributed by atoms with Crippen LogP contribution in [0.3, 0.4) is 0 Å². The van der Waals surface area contributed by atoms with Crippen molar-refractivity contribution in [1.82, 2.24) is 15.5 Å². The standard InChI is InChI=1S/C6H13N3O/c10-6-8-2-4-9-3-1-7-5-9/h6-7H,1-5H2,(H,8,10). The monoisotopic (exact) mass is 143 g/mol. The molecule has 1 fully saturated rings. The third-order valence-corrected chi connectivity index (χ3v) is 1.60. The van der Waals surface area contributed by atoms with E-state index in [1.54, 1.807) is 0 Å². The quantitative estimate of drug-likeness (QED) is 0.375. The molecule has 0 aromatic heterocycles. The van der Waals surface area contributed by atoms with Crippen LogP contribution < -0.4 is 10.6 Å². The van der Waals surface area contributed by atoms with E-state index in [2.05, 4.69) is 15.5 Å². The minimum absolute atomic E-state index is 0.740. The largest absolute Gasteiger partial charge is 0.357 e. The zero-order chi connectivity index (χ0) is 7.23. The number of nitrogens with one attached hydrogen (secondary N) is 2. The van der Waals surface area contributed by atoms with Crippen LogP contribution in [0, 0.1) is 0 Å². The molecule has 10 heavy (non-hydrogen) atoms. The highest BCUT2D eigenvalue weighted by Crippen LogP contribution is 1.88. The van der Waals surface area contributed by atoms with E-state index in [-0.39, 0.29) is 0 Å². The van der Waals surface area contributed by atoms with E-state index in [4.69, 9.17) is 0 Å². The Balaban J connectivity index is 1.96. The molecule has 0 aliphatic carbocycles. The van der Waals surface area contributed by atoms with E-state index in [0.29, 0.717) is 0 Å². The van der Waals surface area contributed by atoms with E-state index >= 15 is 0 Å². The first-order chi connectivity index (χ1) is 4.93. The molecule has 0 radical (unpaired) electrons. The fraction of sp³-hybridized carbons (Fsp3) is 0.833. The average Bonchev–Trinajstić information content (AvgIpc) is 2.41. The van der Waals surface area contributed by atoms with Gasteiger partial charge in [-0.15, -0.1) is 0 Å². The highest BCUT2D eigenvalue weighted by molar-refractivity contribution is 5.45. The van der Waals surface area contributed by atoms with Gasteiger partial charge in [0.15, 0.2) is 0 Å². The first-order valence-electron chi connectivity index (χ1n) is 3.53. The Kier molecular flexibility index (Phi) is 3.18. The molecule has 0 unspecified atom stereocenters. The molecule has 1 heterocycles. The fourth-order valence-corrected chi connectivity index (χ4v) is 1.03. The summed E-state index contributed by atoms with van der Waals surface area (Å²) in [5.41, 5.74) is 0. The molecule has 1 amide bonds. The van der Waals surface area contributed by atoms with Crippen LogP contribution in [0.25, 0.3) is 0 Å². The second-order valence-corrected chi connectivity index (χ2v) is 2.35. The number of hydrogen-bond acceptors (Lipinski definition) is 3. The van der Waals surface area contributed by atoms with Gasteiger partial charge >= 0.3 is 0 Å². The lowest BCUT2D eigenvalue weighted by Crippen LogP contribution is -2.30. The summed E-state index contributed by atoms with van der Waals surface area (Å²) in [7, 11) is 0. The molecule has 0 aromatic rings. The molecule has 4 heteroatoms. The van der Waals surface area contributed by atoms with Crippen molar-refractivity contribution in [2.24, 2.45) is 0 Å². The van der Waals surface area contributed by atoms with Crippen molar-refractivity contribution in [3.05, 3.63) is 0 Å². The van der Waals surface area contributed by atoms with E-state index in [1.807, 2.05) is 0 Å². The maximum atomic E-state index is 9.83. The molecule has 1 rings (SSSR count). The molecule has 0 saturated carbocycles. The summed E-state index contributed by atoms with van der Waals surface area (Å²) in [6.45, 7) is 4.83. The van der Waals surface area contributed by atoms with Gasteiger partial charge in [-0.1, -0.05) is 0 Å². The Labute approximate surface area is 60.6 Å². The maximum absolute atomic E-state index is 9.83. The van der Waals surface area contributed by atoms with Crippen molar-refractivity contribution in [3.8, 4) is 0 Å². The second-order valence-electron chi connectivity index (χ2n) is 2.35. The molecule has 0 spiro atoms. The molecule has 2 N–H and O–H groups in total. The van der Waals surface area contributed by atoms with Gasteiger partial charge in [-0.3, -0.25) is 9.69 Å². The number of nitrogens with zero attached hydrogens (tertiary/aromatic N) is 1. The van der Waals surface area contributed by atoms with Crippen LogP contribution in [0.4, 0.5) is 0 Å². The zero-order valence-corrected chi connectivity index (χ0v) is 5.97. The Morgan fingerprint density at radius 2 is 2.60 bits per heavy atom. The number of rotatable bonds is 4. The summed E-state index contributed by atoms with van der Waals surface area (Å²) in [6, 6.07) is 0. The van der Waals surface area contributed by atoms with Crippen LogP contribution in [0.2, 0.25) is 0 Å². The van der Waals surface area contributed by atoms with Crippen molar-refractivity contribution in [1.29, 1.82) is 0 Å². The Bertz CT molecular complexity index is 101. The molecule has 4 nitrogen and oxygen atoms in total. The van der Waals surface area contributed by atoms with Gasteiger partial charge in [-0.05, 0) is 0 Å². The van der Waals surface area contributed by atoms with Crippen molar-refractivity contribution in [3.63, 3.8) is 0 Å². The highest BCUT2D eigenvalue weighted by Gasteiger charge is 2.08. The van der Waals surface area contributed by atoms with E-state index < -0.39 is 0 Å². The number of hydrogen-bond donors (Lipinski definition) is 2. The van der Waals surface area contributed by atoms with Crippen molar-refractivity contribution in [2.45, 2.75) is 0 Å². The van der Waals surface area contributed by atoms with Gasteiger partial charge in [0.05, 0.1) is 0 Å². The lowest BCUT2D eigenvalue weighted by Gasteiger charge is -2.11. The summed E-state index contributed by atoms with van der Waals surface area (Å²) in [4.78, 5) is 12.1. The Morgan fingerprint density at radius 1 is 1.70 bits per heavy atom. The molecule has 0 atom stereocenters. The lowest BCUT2D eigenvalue weighted by molar-refractivity contribution is -0.109. The first-order valence-corrected chi connectivity index (χ1v) is 3.53. The summed E-state index contributed by atoms with van der Waals surface area (Å²) in [5.74, 6) is 0. The van der Waals surface area contributed by atoms with Crippen LogP contribution in [0.15, 0.2) is 0 Å². The molecule has 1 aliphatic rings. The predicted octanol–water partition coefficient (Wildman–Crippen LogP) is -1.40. The third-order valence-electron chi connectivity index (χ3n) is 1.60. The van der Waals surface area contributed by atoms with E-state index in [1.165, 1.54) is 0 Å². The average molecular weight is 143 g/mol. The summed E-state index contributed by atoms with van der Waals surface area (Å²) in [5, 5.41) is 5.83. The van der Waals surface area contributed by atoms with Crippen LogP contribution in [0.5, 0.6) is 0 Å². The van der Waals surface area contributed by atoms with Gasteiger partial charge in [0.1, 0.15) is 0 Å². The SMILES string of the molecule is O=CNCCN1CCNC1. The number of amides is 1. The first kappa shape index (κ1) is 7.50. The van der Waals surface area contributed by atoms with Crippen molar-refractivity contribution >= 4 is 6.41 Å². The van der Waals surface area contributed by atoms with Crippen LogP contribution in [0.1, 0.15) is 0 Å². The summed E-state index contributed by atoms with van der Waals surface area (Å²) >= 11 is 0. The minimum Gasteiger partial charge on any atom is -0.357 e. The van der Waals surface area contributed by atoms with Crippen LogP contribution >= 0.6 is 0 Å². The maximum Gasteiger partial charge on any atom is 0.207 e. The van der Waals surface area contributed by atoms with Gasteiger partial charge < -0.3 is 10.6 Å². The van der Waals surface area contributed by atoms with Gasteiger partial charge in [0.2, 0.25) is 6.41 Å². The van der Waals surface area contributed by atoms with Crippen LogP contribution in [-0.2, 0) is 4.79 Å². The Morgan fingerprint density at radius 3 is 3.20 bits per heavy atom. The zero-order valence-electron chi connectivity index (χ0n) is 5.97. The number of carbonyl (C=O) groups is 1. The Hall–Kier alpha value is -0.610. The lowest BCUT2D eigenvalue weighted by atomic mass is 10.5. The smallest absolute Gasteiger partial charge is 0.207 e. The predicted molar refractivity (Wildman–Crippen MR) is 38.5 cm³/mol. The van der Waals surface area contributed by atoms with Gasteiger partial charge in [0.25, 0.3) is 0 Å². The highest BCUT2D eigenvalue weighted by atomic mass is 16.1. The normalized spacial score (nSPS) is 19.2. The van der Waals surface area contributed by atoms with Crippen molar-refractivity contribution in [2.75, 3.05) is 32.8 Å².